The monoisotopic (exact) mass is 510 g/mol. The maximum absolute atomic E-state index is 11.7. The molecule has 6 nitrogen and oxygen atoms in total. The van der Waals surface area contributed by atoms with E-state index in [9.17, 15) is 4.79 Å². The number of aliphatic imine (C=N–C) groups is 1. The molecule has 0 fully saturated rings. The Morgan fingerprint density at radius 3 is 2.55 bits per heavy atom. The number of guanidine groups is 1. The van der Waals surface area contributed by atoms with Crippen LogP contribution in [0.4, 0.5) is 0 Å². The highest BCUT2D eigenvalue weighted by molar-refractivity contribution is 14.0. The zero-order valence-corrected chi connectivity index (χ0v) is 19.6. The Morgan fingerprint density at radius 1 is 1.10 bits per heavy atom. The molecule has 1 unspecified atom stereocenters. The largest absolute Gasteiger partial charge is 0.489 e. The van der Waals surface area contributed by atoms with Crippen LogP contribution < -0.4 is 20.7 Å². The highest BCUT2D eigenvalue weighted by Crippen LogP contribution is 2.10. The van der Waals surface area contributed by atoms with Crippen molar-refractivity contribution in [2.75, 3.05) is 26.7 Å². The van der Waals surface area contributed by atoms with Crippen molar-refractivity contribution in [3.63, 3.8) is 0 Å². The number of carbonyl (C=O) groups is 1. The number of nitrogens with zero attached hydrogens (tertiary/aromatic N) is 1. The highest BCUT2D eigenvalue weighted by atomic mass is 127. The van der Waals surface area contributed by atoms with E-state index in [2.05, 4.69) is 20.9 Å². The van der Waals surface area contributed by atoms with Crippen LogP contribution >= 0.6 is 24.0 Å². The van der Waals surface area contributed by atoms with Crippen LogP contribution in [0.5, 0.6) is 5.75 Å². The van der Waals surface area contributed by atoms with Crippen molar-refractivity contribution in [2.24, 2.45) is 4.99 Å². The zero-order valence-electron chi connectivity index (χ0n) is 17.3. The van der Waals surface area contributed by atoms with E-state index in [4.69, 9.17) is 4.74 Å². The quantitative estimate of drug-likeness (QED) is 0.275. The molecule has 2 aromatic rings. The van der Waals surface area contributed by atoms with Gasteiger partial charge in [0.15, 0.2) is 5.96 Å². The molecule has 1 amide bonds. The molecular weight excluding hydrogens is 479 g/mol. The van der Waals surface area contributed by atoms with Gasteiger partial charge in [0.1, 0.15) is 11.9 Å². The maximum Gasteiger partial charge on any atom is 0.251 e. The molecule has 0 spiro atoms. The number of nitrogens with one attached hydrogen (secondary N) is 3. The fraction of sp³-hybridized carbons (Fsp3) is 0.364. The van der Waals surface area contributed by atoms with Crippen molar-refractivity contribution in [1.29, 1.82) is 0 Å². The van der Waals surface area contributed by atoms with Crippen molar-refractivity contribution < 1.29 is 9.53 Å². The fourth-order valence-corrected chi connectivity index (χ4v) is 2.67. The summed E-state index contributed by atoms with van der Waals surface area (Å²) in [6, 6.07) is 17.4. The minimum absolute atomic E-state index is 0. The first-order valence-corrected chi connectivity index (χ1v) is 9.67. The SMILES string of the molecule is CCNC(=NCC(C)Oc1ccccc1)NCCc1cccc(C(=O)NC)c1.I. The van der Waals surface area contributed by atoms with E-state index in [1.807, 2.05) is 68.4 Å². The Morgan fingerprint density at radius 2 is 1.86 bits per heavy atom. The second-order valence-corrected chi connectivity index (χ2v) is 6.42. The molecule has 0 saturated heterocycles. The Balaban J connectivity index is 0.00000420. The summed E-state index contributed by atoms with van der Waals surface area (Å²) in [5.41, 5.74) is 1.78. The van der Waals surface area contributed by atoms with Crippen LogP contribution in [0.3, 0.4) is 0 Å². The summed E-state index contributed by atoms with van der Waals surface area (Å²) in [6.45, 7) is 6.09. The van der Waals surface area contributed by atoms with E-state index in [-0.39, 0.29) is 36.0 Å². The van der Waals surface area contributed by atoms with E-state index in [0.717, 1.165) is 36.8 Å². The van der Waals surface area contributed by atoms with Crippen molar-refractivity contribution in [1.82, 2.24) is 16.0 Å². The molecule has 29 heavy (non-hydrogen) atoms. The lowest BCUT2D eigenvalue weighted by atomic mass is 10.1. The lowest BCUT2D eigenvalue weighted by Gasteiger charge is -2.15. The predicted octanol–water partition coefficient (Wildman–Crippen LogP) is 3.23. The molecule has 2 rings (SSSR count). The van der Waals surface area contributed by atoms with Gasteiger partial charge in [0, 0.05) is 25.7 Å². The molecule has 0 heterocycles. The lowest BCUT2D eigenvalue weighted by Crippen LogP contribution is -2.39. The average Bonchev–Trinajstić information content (AvgIpc) is 2.72. The topological polar surface area (TPSA) is 74.8 Å². The second kappa shape index (κ2) is 13.8. The minimum Gasteiger partial charge on any atom is -0.489 e. The van der Waals surface area contributed by atoms with Crippen LogP contribution in [0, 0.1) is 0 Å². The molecule has 0 aliphatic heterocycles. The van der Waals surface area contributed by atoms with Crippen molar-refractivity contribution in [3.8, 4) is 5.75 Å². The molecule has 0 aliphatic carbocycles. The average molecular weight is 510 g/mol. The van der Waals surface area contributed by atoms with Crippen LogP contribution in [-0.4, -0.2) is 44.7 Å². The van der Waals surface area contributed by atoms with Gasteiger partial charge in [0.05, 0.1) is 6.54 Å². The highest BCUT2D eigenvalue weighted by Gasteiger charge is 2.06. The Bertz CT molecular complexity index is 768. The molecule has 7 heteroatoms. The number of halogens is 1. The summed E-state index contributed by atoms with van der Waals surface area (Å²) in [6.07, 6.45) is 0.771. The van der Waals surface area contributed by atoms with Crippen molar-refractivity contribution in [3.05, 3.63) is 65.7 Å². The van der Waals surface area contributed by atoms with E-state index < -0.39 is 0 Å². The maximum atomic E-state index is 11.7. The third kappa shape index (κ3) is 9.17. The number of hydrogen-bond acceptors (Lipinski definition) is 3. The van der Waals surface area contributed by atoms with Crippen LogP contribution in [0.25, 0.3) is 0 Å². The number of benzene rings is 2. The van der Waals surface area contributed by atoms with Crippen LogP contribution in [0.1, 0.15) is 29.8 Å². The smallest absolute Gasteiger partial charge is 0.251 e. The molecule has 0 aliphatic rings. The van der Waals surface area contributed by atoms with Gasteiger partial charge >= 0.3 is 0 Å². The number of rotatable bonds is 9. The van der Waals surface area contributed by atoms with Gasteiger partial charge in [-0.2, -0.15) is 0 Å². The third-order valence-electron chi connectivity index (χ3n) is 4.05. The van der Waals surface area contributed by atoms with Gasteiger partial charge < -0.3 is 20.7 Å². The summed E-state index contributed by atoms with van der Waals surface area (Å²) in [4.78, 5) is 16.4. The van der Waals surface area contributed by atoms with Crippen LogP contribution in [0.15, 0.2) is 59.6 Å². The van der Waals surface area contributed by atoms with E-state index >= 15 is 0 Å². The minimum atomic E-state index is -0.0721. The summed E-state index contributed by atoms with van der Waals surface area (Å²) < 4.78 is 5.86. The molecule has 0 bridgehead atoms. The van der Waals surface area contributed by atoms with Gasteiger partial charge in [-0.1, -0.05) is 30.3 Å². The molecule has 2 aromatic carbocycles. The standard InChI is InChI=1S/C22H30N4O2.HI/c1-4-24-22(26-16-17(2)28-20-11-6-5-7-12-20)25-14-13-18-9-8-10-19(15-18)21(27)23-3;/h5-12,15,17H,4,13-14,16H2,1-3H3,(H,23,27)(H2,24,25,26);1H. The predicted molar refractivity (Wildman–Crippen MR) is 129 cm³/mol. The summed E-state index contributed by atoms with van der Waals surface area (Å²) in [5, 5.41) is 9.23. The van der Waals surface area contributed by atoms with Crippen LogP contribution in [0.2, 0.25) is 0 Å². The van der Waals surface area contributed by atoms with Gasteiger partial charge in [-0.3, -0.25) is 4.79 Å². The molecule has 0 aromatic heterocycles. The number of ether oxygens (including phenoxy) is 1. The molecule has 3 N–H and O–H groups in total. The summed E-state index contributed by atoms with van der Waals surface area (Å²) in [7, 11) is 1.64. The summed E-state index contributed by atoms with van der Waals surface area (Å²) >= 11 is 0. The normalized spacial score (nSPS) is 11.8. The van der Waals surface area contributed by atoms with Crippen molar-refractivity contribution in [2.45, 2.75) is 26.4 Å². The molecule has 158 valence electrons. The number of amides is 1. The van der Waals surface area contributed by atoms with Crippen LogP contribution in [-0.2, 0) is 6.42 Å². The van der Waals surface area contributed by atoms with Gasteiger partial charge in [0.2, 0.25) is 0 Å². The molecular formula is C22H31IN4O2. The van der Waals surface area contributed by atoms with Gasteiger partial charge in [-0.25, -0.2) is 4.99 Å². The fourth-order valence-electron chi connectivity index (χ4n) is 2.67. The van der Waals surface area contributed by atoms with Gasteiger partial charge in [-0.15, -0.1) is 24.0 Å². The van der Waals surface area contributed by atoms with E-state index in [1.165, 1.54) is 0 Å². The van der Waals surface area contributed by atoms with E-state index in [1.54, 1.807) is 7.05 Å². The van der Waals surface area contributed by atoms with E-state index in [0.29, 0.717) is 12.1 Å². The van der Waals surface area contributed by atoms with Crippen molar-refractivity contribution >= 4 is 35.8 Å². The molecule has 0 radical (unpaired) electrons. The first-order valence-electron chi connectivity index (χ1n) is 9.67. The first-order chi connectivity index (χ1) is 13.6. The molecule has 1 atom stereocenters. The number of hydrogen-bond donors (Lipinski definition) is 3. The number of para-hydroxylation sites is 1. The van der Waals surface area contributed by atoms with Gasteiger partial charge in [-0.05, 0) is 50.1 Å². The Hall–Kier alpha value is -2.29. The number of carbonyl (C=O) groups excluding carboxylic acids is 1. The first kappa shape index (κ1) is 24.7. The van der Waals surface area contributed by atoms with Gasteiger partial charge in [0.25, 0.3) is 5.91 Å². The lowest BCUT2D eigenvalue weighted by molar-refractivity contribution is 0.0963. The molecule has 0 saturated carbocycles. The summed E-state index contributed by atoms with van der Waals surface area (Å²) in [5.74, 6) is 1.53. The second-order valence-electron chi connectivity index (χ2n) is 6.42. The Labute approximate surface area is 190 Å². The third-order valence-corrected chi connectivity index (χ3v) is 4.05. The zero-order chi connectivity index (χ0) is 20.2. The Kier molecular flexibility index (Phi) is 11.8.